The van der Waals surface area contributed by atoms with Crippen molar-refractivity contribution in [1.82, 2.24) is 14.9 Å². The highest BCUT2D eigenvalue weighted by Gasteiger charge is 2.13. The molecular weight excluding hydrogens is 354 g/mol. The Labute approximate surface area is 166 Å². The summed E-state index contributed by atoms with van der Waals surface area (Å²) in [5, 5.41) is 6.13. The van der Waals surface area contributed by atoms with Crippen LogP contribution in [-0.2, 0) is 4.74 Å². The van der Waals surface area contributed by atoms with Gasteiger partial charge in [0.25, 0.3) is 5.91 Å². The van der Waals surface area contributed by atoms with Crippen LogP contribution in [0.3, 0.4) is 0 Å². The molecule has 1 aliphatic rings. The topological polar surface area (TPSA) is 79.4 Å². The molecule has 0 unspecified atom stereocenters. The van der Waals surface area contributed by atoms with Gasteiger partial charge >= 0.3 is 0 Å². The lowest BCUT2D eigenvalue weighted by Gasteiger charge is -2.26. The predicted octanol–water partition coefficient (Wildman–Crippen LogP) is 2.90. The van der Waals surface area contributed by atoms with Crippen LogP contribution in [0, 0.1) is 6.92 Å². The van der Waals surface area contributed by atoms with Crippen LogP contribution in [0.4, 0.5) is 11.6 Å². The van der Waals surface area contributed by atoms with Crippen LogP contribution in [0.15, 0.2) is 30.3 Å². The lowest BCUT2D eigenvalue weighted by atomic mass is 10.0. The van der Waals surface area contributed by atoms with Crippen molar-refractivity contribution in [2.24, 2.45) is 0 Å². The Kier molecular flexibility index (Phi) is 6.95. The van der Waals surface area contributed by atoms with Crippen LogP contribution in [0.25, 0.3) is 0 Å². The van der Waals surface area contributed by atoms with Gasteiger partial charge in [-0.15, -0.1) is 0 Å². The number of amides is 1. The van der Waals surface area contributed by atoms with Crippen molar-refractivity contribution in [3.63, 3.8) is 0 Å². The van der Waals surface area contributed by atoms with E-state index in [9.17, 15) is 4.79 Å². The number of rotatable bonds is 7. The van der Waals surface area contributed by atoms with Gasteiger partial charge in [0.15, 0.2) is 0 Å². The standard InChI is InChI=1S/C21H29N5O2/c1-15(2)17-4-6-18(7-5-17)24-20(27)19-14-16(3)23-21(25-19)22-8-9-26-10-12-28-13-11-26/h4-7,14-15H,8-13H2,1-3H3,(H,24,27)(H,22,23,25). The van der Waals surface area contributed by atoms with Crippen molar-refractivity contribution in [3.8, 4) is 0 Å². The molecular formula is C21H29N5O2. The first-order valence-corrected chi connectivity index (χ1v) is 9.82. The number of anilines is 2. The average Bonchev–Trinajstić information content (AvgIpc) is 2.69. The molecule has 1 saturated heterocycles. The number of hydrogen-bond donors (Lipinski definition) is 2. The van der Waals surface area contributed by atoms with Gasteiger partial charge in [0.2, 0.25) is 5.95 Å². The van der Waals surface area contributed by atoms with Crippen molar-refractivity contribution in [1.29, 1.82) is 0 Å². The Balaban J connectivity index is 1.58. The molecule has 1 aliphatic heterocycles. The van der Waals surface area contributed by atoms with E-state index < -0.39 is 0 Å². The maximum Gasteiger partial charge on any atom is 0.274 e. The number of hydrogen-bond acceptors (Lipinski definition) is 6. The Hall–Kier alpha value is -2.51. The van der Waals surface area contributed by atoms with E-state index in [2.05, 4.69) is 39.3 Å². The quantitative estimate of drug-likeness (QED) is 0.765. The lowest BCUT2D eigenvalue weighted by Crippen LogP contribution is -2.39. The molecule has 7 heteroatoms. The zero-order valence-corrected chi connectivity index (χ0v) is 16.9. The molecule has 150 valence electrons. The molecule has 0 radical (unpaired) electrons. The summed E-state index contributed by atoms with van der Waals surface area (Å²) < 4.78 is 5.36. The van der Waals surface area contributed by atoms with Crippen molar-refractivity contribution in [3.05, 3.63) is 47.3 Å². The number of benzene rings is 1. The summed E-state index contributed by atoms with van der Waals surface area (Å²) in [4.78, 5) is 23.7. The zero-order valence-electron chi connectivity index (χ0n) is 16.9. The van der Waals surface area contributed by atoms with Gasteiger partial charge in [-0.3, -0.25) is 9.69 Å². The van der Waals surface area contributed by atoms with Crippen LogP contribution in [0.2, 0.25) is 0 Å². The third-order valence-corrected chi connectivity index (χ3v) is 4.74. The van der Waals surface area contributed by atoms with Crippen molar-refractivity contribution < 1.29 is 9.53 Å². The largest absolute Gasteiger partial charge is 0.379 e. The maximum absolute atomic E-state index is 12.6. The second-order valence-electron chi connectivity index (χ2n) is 7.33. The molecule has 0 atom stereocenters. The number of ether oxygens (including phenoxy) is 1. The van der Waals surface area contributed by atoms with Gasteiger partial charge in [-0.25, -0.2) is 9.97 Å². The van der Waals surface area contributed by atoms with Gasteiger partial charge in [0.05, 0.1) is 13.2 Å². The number of aryl methyl sites for hydroxylation is 1. The Morgan fingerprint density at radius 1 is 1.18 bits per heavy atom. The fraction of sp³-hybridized carbons (Fsp3) is 0.476. The summed E-state index contributed by atoms with van der Waals surface area (Å²) in [6.45, 7) is 11.2. The van der Waals surface area contributed by atoms with Crippen molar-refractivity contribution in [2.45, 2.75) is 26.7 Å². The Morgan fingerprint density at radius 3 is 2.57 bits per heavy atom. The molecule has 2 N–H and O–H groups in total. The smallest absolute Gasteiger partial charge is 0.274 e. The van der Waals surface area contributed by atoms with Gasteiger partial charge in [0.1, 0.15) is 5.69 Å². The van der Waals surface area contributed by atoms with Crippen LogP contribution in [0.1, 0.15) is 41.5 Å². The lowest BCUT2D eigenvalue weighted by molar-refractivity contribution is 0.0398. The van der Waals surface area contributed by atoms with Crippen molar-refractivity contribution >= 4 is 17.5 Å². The SMILES string of the molecule is Cc1cc(C(=O)Nc2ccc(C(C)C)cc2)nc(NCCN2CCOCC2)n1. The number of carbonyl (C=O) groups is 1. The first-order chi connectivity index (χ1) is 13.5. The van der Waals surface area contributed by atoms with Crippen LogP contribution < -0.4 is 10.6 Å². The molecule has 1 amide bonds. The van der Waals surface area contributed by atoms with E-state index in [-0.39, 0.29) is 5.91 Å². The number of nitrogens with one attached hydrogen (secondary N) is 2. The van der Waals surface area contributed by atoms with Crippen molar-refractivity contribution in [2.75, 3.05) is 50.0 Å². The molecule has 1 fully saturated rings. The summed E-state index contributed by atoms with van der Waals surface area (Å²) in [7, 11) is 0. The second-order valence-corrected chi connectivity index (χ2v) is 7.33. The molecule has 1 aromatic carbocycles. The Bertz CT molecular complexity index is 786. The first-order valence-electron chi connectivity index (χ1n) is 9.82. The molecule has 1 aromatic heterocycles. The number of aromatic nitrogens is 2. The van der Waals surface area contributed by atoms with E-state index in [0.29, 0.717) is 17.6 Å². The molecule has 3 rings (SSSR count). The number of carbonyl (C=O) groups excluding carboxylic acids is 1. The summed E-state index contributed by atoms with van der Waals surface area (Å²) >= 11 is 0. The van der Waals surface area contributed by atoms with E-state index in [1.165, 1.54) is 5.56 Å². The third kappa shape index (κ3) is 5.74. The van der Waals surface area contributed by atoms with Crippen LogP contribution in [-0.4, -0.2) is 60.2 Å². The predicted molar refractivity (Wildman–Crippen MR) is 111 cm³/mol. The van der Waals surface area contributed by atoms with E-state index in [1.807, 2.05) is 31.2 Å². The second kappa shape index (κ2) is 9.61. The molecule has 0 aliphatic carbocycles. The van der Waals surface area contributed by atoms with Gasteiger partial charge in [-0.05, 0) is 36.6 Å². The molecule has 2 aromatic rings. The monoisotopic (exact) mass is 383 g/mol. The average molecular weight is 383 g/mol. The summed E-state index contributed by atoms with van der Waals surface area (Å²) in [6.07, 6.45) is 0. The minimum Gasteiger partial charge on any atom is -0.379 e. The normalized spacial score (nSPS) is 14.9. The van der Waals surface area contributed by atoms with Gasteiger partial charge in [0, 0.05) is 37.6 Å². The number of nitrogens with zero attached hydrogens (tertiary/aromatic N) is 3. The summed E-state index contributed by atoms with van der Waals surface area (Å²) in [6, 6.07) is 9.60. The van der Waals surface area contributed by atoms with Gasteiger partial charge in [-0.2, -0.15) is 0 Å². The first kappa shape index (κ1) is 20.2. The van der Waals surface area contributed by atoms with Crippen LogP contribution >= 0.6 is 0 Å². The maximum atomic E-state index is 12.6. The third-order valence-electron chi connectivity index (χ3n) is 4.74. The van der Waals surface area contributed by atoms with Gasteiger partial charge in [-0.1, -0.05) is 26.0 Å². The molecule has 0 saturated carbocycles. The van der Waals surface area contributed by atoms with E-state index in [1.54, 1.807) is 6.07 Å². The Morgan fingerprint density at radius 2 is 1.89 bits per heavy atom. The molecule has 28 heavy (non-hydrogen) atoms. The molecule has 2 heterocycles. The fourth-order valence-electron chi connectivity index (χ4n) is 3.06. The van der Waals surface area contributed by atoms with Gasteiger partial charge < -0.3 is 15.4 Å². The van der Waals surface area contributed by atoms with E-state index in [4.69, 9.17) is 4.74 Å². The number of morpholine rings is 1. The zero-order chi connectivity index (χ0) is 19.9. The summed E-state index contributed by atoms with van der Waals surface area (Å²) in [5.74, 6) is 0.702. The highest BCUT2D eigenvalue weighted by Crippen LogP contribution is 2.17. The highest BCUT2D eigenvalue weighted by atomic mass is 16.5. The minimum absolute atomic E-state index is 0.237. The molecule has 7 nitrogen and oxygen atoms in total. The highest BCUT2D eigenvalue weighted by molar-refractivity contribution is 6.03. The van der Waals surface area contributed by atoms with E-state index in [0.717, 1.165) is 50.8 Å². The molecule has 0 bridgehead atoms. The molecule has 0 spiro atoms. The van der Waals surface area contributed by atoms with Crippen LogP contribution in [0.5, 0.6) is 0 Å². The summed E-state index contributed by atoms with van der Waals surface area (Å²) in [5.41, 5.74) is 3.11. The minimum atomic E-state index is -0.237. The fourth-order valence-corrected chi connectivity index (χ4v) is 3.06. The van der Waals surface area contributed by atoms with E-state index >= 15 is 0 Å².